The molecule has 0 heteroatoms. The first-order valence-electron chi connectivity index (χ1n) is 6.18. The average Bonchev–Trinajstić information content (AvgIpc) is 2.19. The normalized spacial score (nSPS) is 13.1. The Morgan fingerprint density at radius 2 is 1.80 bits per heavy atom. The molecular formula is C15H24. The summed E-state index contributed by atoms with van der Waals surface area (Å²) in [4.78, 5) is 0. The number of hydrogen-bond acceptors (Lipinski definition) is 0. The van der Waals surface area contributed by atoms with Crippen molar-refractivity contribution in [3.05, 3.63) is 35.4 Å². The molecule has 15 heavy (non-hydrogen) atoms. The molecule has 1 rings (SSSR count). The van der Waals surface area contributed by atoms with Crippen LogP contribution in [0.1, 0.15) is 44.7 Å². The zero-order chi connectivity index (χ0) is 11.3. The predicted octanol–water partition coefficient (Wildman–Crippen LogP) is 4.61. The second kappa shape index (κ2) is 5.95. The first-order chi connectivity index (χ1) is 7.13. The number of rotatable bonds is 5. The van der Waals surface area contributed by atoms with Crippen molar-refractivity contribution < 1.29 is 0 Å². The van der Waals surface area contributed by atoms with E-state index in [1.165, 1.54) is 30.4 Å². The maximum absolute atomic E-state index is 2.32. The van der Waals surface area contributed by atoms with Gasteiger partial charge in [-0.15, -0.1) is 0 Å². The quantitative estimate of drug-likeness (QED) is 0.657. The van der Waals surface area contributed by atoms with E-state index in [-0.39, 0.29) is 0 Å². The second-order valence-corrected chi connectivity index (χ2v) is 5.03. The van der Waals surface area contributed by atoms with Crippen molar-refractivity contribution >= 4 is 0 Å². The molecule has 0 heterocycles. The molecule has 0 nitrogen and oxygen atoms in total. The molecule has 84 valence electrons. The topological polar surface area (TPSA) is 0 Å². The van der Waals surface area contributed by atoms with Gasteiger partial charge in [0.1, 0.15) is 0 Å². The van der Waals surface area contributed by atoms with Gasteiger partial charge in [0.25, 0.3) is 0 Å². The SMILES string of the molecule is CCC(Cc1ccccc1C)CC(C)C. The van der Waals surface area contributed by atoms with Crippen LogP contribution in [0, 0.1) is 18.8 Å². The summed E-state index contributed by atoms with van der Waals surface area (Å²) in [5.41, 5.74) is 2.98. The van der Waals surface area contributed by atoms with Crippen LogP contribution in [0.5, 0.6) is 0 Å². The van der Waals surface area contributed by atoms with Crippen LogP contribution in [0.25, 0.3) is 0 Å². The van der Waals surface area contributed by atoms with Crippen LogP contribution in [0.2, 0.25) is 0 Å². The van der Waals surface area contributed by atoms with Gasteiger partial charge in [-0.2, -0.15) is 0 Å². The molecule has 0 bridgehead atoms. The fourth-order valence-corrected chi connectivity index (χ4v) is 2.21. The van der Waals surface area contributed by atoms with Gasteiger partial charge in [-0.25, -0.2) is 0 Å². The van der Waals surface area contributed by atoms with E-state index < -0.39 is 0 Å². The fourth-order valence-electron chi connectivity index (χ4n) is 2.21. The Hall–Kier alpha value is -0.780. The van der Waals surface area contributed by atoms with Gasteiger partial charge in [-0.05, 0) is 42.7 Å². The largest absolute Gasteiger partial charge is 0.0651 e. The van der Waals surface area contributed by atoms with E-state index >= 15 is 0 Å². The minimum atomic E-state index is 0.818. The average molecular weight is 204 g/mol. The smallest absolute Gasteiger partial charge is 0.0248 e. The minimum absolute atomic E-state index is 0.818. The molecule has 0 radical (unpaired) electrons. The van der Waals surface area contributed by atoms with Gasteiger partial charge < -0.3 is 0 Å². The zero-order valence-electron chi connectivity index (χ0n) is 10.6. The standard InChI is InChI=1S/C15H24/c1-5-14(10-12(2)3)11-15-9-7-6-8-13(15)4/h6-9,12,14H,5,10-11H2,1-4H3. The molecule has 1 aromatic rings. The van der Waals surface area contributed by atoms with Crippen molar-refractivity contribution in [3.63, 3.8) is 0 Å². The van der Waals surface area contributed by atoms with Crippen LogP contribution in [0.15, 0.2) is 24.3 Å². The van der Waals surface area contributed by atoms with Gasteiger partial charge in [0.2, 0.25) is 0 Å². The van der Waals surface area contributed by atoms with Crippen LogP contribution < -0.4 is 0 Å². The van der Waals surface area contributed by atoms with Crippen LogP contribution in [-0.2, 0) is 6.42 Å². The van der Waals surface area contributed by atoms with E-state index in [0.717, 1.165) is 11.8 Å². The molecule has 0 amide bonds. The highest BCUT2D eigenvalue weighted by Gasteiger charge is 2.10. The molecule has 0 spiro atoms. The molecule has 0 N–H and O–H groups in total. The minimum Gasteiger partial charge on any atom is -0.0651 e. The van der Waals surface area contributed by atoms with Crippen molar-refractivity contribution in [2.45, 2.75) is 47.0 Å². The van der Waals surface area contributed by atoms with Gasteiger partial charge in [0, 0.05) is 0 Å². The Labute approximate surface area is 94.7 Å². The molecule has 0 aliphatic carbocycles. The number of hydrogen-bond donors (Lipinski definition) is 0. The van der Waals surface area contributed by atoms with Crippen molar-refractivity contribution in [1.29, 1.82) is 0 Å². The molecule has 0 aliphatic rings. The van der Waals surface area contributed by atoms with Crippen LogP contribution in [-0.4, -0.2) is 0 Å². The van der Waals surface area contributed by atoms with Gasteiger partial charge in [0.15, 0.2) is 0 Å². The van der Waals surface area contributed by atoms with Gasteiger partial charge in [-0.3, -0.25) is 0 Å². The summed E-state index contributed by atoms with van der Waals surface area (Å²) in [6.07, 6.45) is 3.90. The lowest BCUT2D eigenvalue weighted by Gasteiger charge is -2.18. The van der Waals surface area contributed by atoms with Crippen molar-refractivity contribution in [2.24, 2.45) is 11.8 Å². The predicted molar refractivity (Wildman–Crippen MR) is 68.1 cm³/mol. The maximum Gasteiger partial charge on any atom is -0.0248 e. The van der Waals surface area contributed by atoms with E-state index in [2.05, 4.69) is 52.0 Å². The fraction of sp³-hybridized carbons (Fsp3) is 0.600. The maximum atomic E-state index is 2.32. The van der Waals surface area contributed by atoms with Crippen molar-refractivity contribution in [1.82, 2.24) is 0 Å². The molecule has 0 aliphatic heterocycles. The lowest BCUT2D eigenvalue weighted by molar-refractivity contribution is 0.396. The number of aryl methyl sites for hydroxylation is 1. The summed E-state index contributed by atoms with van der Waals surface area (Å²) in [7, 11) is 0. The molecule has 0 saturated carbocycles. The summed E-state index contributed by atoms with van der Waals surface area (Å²) in [6.45, 7) is 9.17. The summed E-state index contributed by atoms with van der Waals surface area (Å²) in [5.74, 6) is 1.67. The summed E-state index contributed by atoms with van der Waals surface area (Å²) >= 11 is 0. The summed E-state index contributed by atoms with van der Waals surface area (Å²) in [6, 6.07) is 8.78. The molecular weight excluding hydrogens is 180 g/mol. The van der Waals surface area contributed by atoms with Gasteiger partial charge >= 0.3 is 0 Å². The Morgan fingerprint density at radius 3 is 2.33 bits per heavy atom. The summed E-state index contributed by atoms with van der Waals surface area (Å²) in [5, 5.41) is 0. The van der Waals surface area contributed by atoms with E-state index in [0.29, 0.717) is 0 Å². The van der Waals surface area contributed by atoms with E-state index in [4.69, 9.17) is 0 Å². The third-order valence-electron chi connectivity index (χ3n) is 3.15. The Kier molecular flexibility index (Phi) is 4.87. The van der Waals surface area contributed by atoms with Crippen molar-refractivity contribution in [3.8, 4) is 0 Å². The highest BCUT2D eigenvalue weighted by Crippen LogP contribution is 2.21. The van der Waals surface area contributed by atoms with Crippen molar-refractivity contribution in [2.75, 3.05) is 0 Å². The summed E-state index contributed by atoms with van der Waals surface area (Å²) < 4.78 is 0. The molecule has 1 atom stereocenters. The Balaban J connectivity index is 2.62. The third-order valence-corrected chi connectivity index (χ3v) is 3.15. The molecule has 1 unspecified atom stereocenters. The van der Waals surface area contributed by atoms with Crippen LogP contribution in [0.3, 0.4) is 0 Å². The Bertz CT molecular complexity index is 286. The highest BCUT2D eigenvalue weighted by atomic mass is 14.2. The molecule has 0 saturated heterocycles. The lowest BCUT2D eigenvalue weighted by Crippen LogP contribution is -2.07. The third kappa shape index (κ3) is 4.07. The number of benzene rings is 1. The lowest BCUT2D eigenvalue weighted by atomic mass is 9.88. The first kappa shape index (κ1) is 12.3. The van der Waals surface area contributed by atoms with E-state index in [1.54, 1.807) is 0 Å². The van der Waals surface area contributed by atoms with E-state index in [9.17, 15) is 0 Å². The molecule has 1 aromatic carbocycles. The second-order valence-electron chi connectivity index (χ2n) is 5.03. The molecule has 0 aromatic heterocycles. The van der Waals surface area contributed by atoms with Gasteiger partial charge in [0.05, 0.1) is 0 Å². The monoisotopic (exact) mass is 204 g/mol. The highest BCUT2D eigenvalue weighted by molar-refractivity contribution is 5.25. The van der Waals surface area contributed by atoms with Crippen LogP contribution >= 0.6 is 0 Å². The first-order valence-corrected chi connectivity index (χ1v) is 6.18. The Morgan fingerprint density at radius 1 is 1.13 bits per heavy atom. The van der Waals surface area contributed by atoms with Gasteiger partial charge in [-0.1, -0.05) is 51.5 Å². The van der Waals surface area contributed by atoms with E-state index in [1.807, 2.05) is 0 Å². The zero-order valence-corrected chi connectivity index (χ0v) is 10.6. The van der Waals surface area contributed by atoms with Crippen LogP contribution in [0.4, 0.5) is 0 Å². The molecule has 0 fully saturated rings.